The zero-order valence-electron chi connectivity index (χ0n) is 24.8. The van der Waals surface area contributed by atoms with E-state index in [0.717, 1.165) is 46.1 Å². The summed E-state index contributed by atoms with van der Waals surface area (Å²) >= 11 is 0. The third-order valence-corrected chi connectivity index (χ3v) is 8.75. The fourth-order valence-corrected chi connectivity index (χ4v) is 6.06. The van der Waals surface area contributed by atoms with Crippen LogP contribution in [0.5, 0.6) is 5.75 Å². The maximum absolute atomic E-state index is 13.3. The molecule has 0 spiro atoms. The predicted octanol–water partition coefficient (Wildman–Crippen LogP) is 4.31. The molecule has 10 nitrogen and oxygen atoms in total. The van der Waals surface area contributed by atoms with E-state index >= 15 is 0 Å². The Morgan fingerprint density at radius 2 is 2.05 bits per heavy atom. The number of imidazole rings is 2. The Labute approximate surface area is 249 Å². The average molecular weight is 585 g/mol. The van der Waals surface area contributed by atoms with Crippen LogP contribution in [0.15, 0.2) is 49.1 Å². The van der Waals surface area contributed by atoms with Crippen molar-refractivity contribution in [3.05, 3.63) is 60.3 Å². The quantitative estimate of drug-likeness (QED) is 0.262. The average Bonchev–Trinajstić information content (AvgIpc) is 3.36. The Morgan fingerprint density at radius 3 is 2.79 bits per heavy atom. The Balaban J connectivity index is 1.28. The molecule has 1 aliphatic carbocycles. The van der Waals surface area contributed by atoms with Crippen molar-refractivity contribution in [3.63, 3.8) is 0 Å². The molecular weight excluding hydrogens is 547 g/mol. The molecule has 1 fully saturated rings. The van der Waals surface area contributed by atoms with Gasteiger partial charge in [0.15, 0.2) is 11.5 Å². The number of hydrogen-bond acceptors (Lipinski definition) is 6. The highest BCUT2D eigenvalue weighted by molar-refractivity contribution is 5.99. The number of nitrogens with zero attached hydrogens (tertiary/aromatic N) is 7. The Morgan fingerprint density at radius 1 is 1.21 bits per heavy atom. The summed E-state index contributed by atoms with van der Waals surface area (Å²) in [5.74, 6) is 2.07. The number of nitrogens with two attached hydrogens (primary N) is 1. The second-order valence-electron chi connectivity index (χ2n) is 12.6. The second-order valence-corrected chi connectivity index (χ2v) is 12.6. The molecule has 0 bridgehead atoms. The van der Waals surface area contributed by atoms with Crippen molar-refractivity contribution >= 4 is 28.0 Å². The monoisotopic (exact) mass is 584 g/mol. The summed E-state index contributed by atoms with van der Waals surface area (Å²) in [6.07, 6.45) is 8.56. The van der Waals surface area contributed by atoms with Gasteiger partial charge in [-0.1, -0.05) is 12.1 Å². The summed E-state index contributed by atoms with van der Waals surface area (Å²) in [6, 6.07) is 9.50. The van der Waals surface area contributed by atoms with Gasteiger partial charge in [0.05, 0.1) is 40.4 Å². The number of pyridine rings is 1. The van der Waals surface area contributed by atoms with Gasteiger partial charge in [0.1, 0.15) is 24.5 Å². The highest BCUT2D eigenvalue weighted by Gasteiger charge is 2.30. The number of carbonyl (C=O) groups excluding carboxylic acids is 1. The second kappa shape index (κ2) is 10.5. The predicted molar refractivity (Wildman–Crippen MR) is 163 cm³/mol. The van der Waals surface area contributed by atoms with E-state index in [4.69, 9.17) is 20.4 Å². The van der Waals surface area contributed by atoms with Crippen LogP contribution in [0.25, 0.3) is 33.6 Å². The van der Waals surface area contributed by atoms with Gasteiger partial charge in [-0.05, 0) is 50.8 Å². The van der Waals surface area contributed by atoms with Crippen LogP contribution >= 0.6 is 0 Å². The van der Waals surface area contributed by atoms with Gasteiger partial charge in [-0.2, -0.15) is 0 Å². The van der Waals surface area contributed by atoms with Crippen molar-refractivity contribution in [3.8, 4) is 17.3 Å². The van der Waals surface area contributed by atoms with Crippen molar-refractivity contribution in [1.82, 2.24) is 33.6 Å². The molecule has 1 unspecified atom stereocenters. The first-order chi connectivity index (χ1) is 20.7. The Hall–Kier alpha value is -4.25. The van der Waals surface area contributed by atoms with Crippen molar-refractivity contribution < 1.29 is 13.9 Å². The third-order valence-electron chi connectivity index (χ3n) is 8.75. The maximum Gasteiger partial charge on any atom is 0.255 e. The fraction of sp³-hybridized carbons (Fsp3) is 0.438. The van der Waals surface area contributed by atoms with Crippen LogP contribution in [0, 0.1) is 5.92 Å². The smallest absolute Gasteiger partial charge is 0.255 e. The van der Waals surface area contributed by atoms with Crippen LogP contribution in [0.3, 0.4) is 0 Å². The van der Waals surface area contributed by atoms with E-state index in [9.17, 15) is 9.18 Å². The molecule has 1 aromatic carbocycles. The van der Waals surface area contributed by atoms with Crippen LogP contribution in [-0.2, 0) is 25.6 Å². The molecule has 5 aromatic rings. The molecule has 4 aromatic heterocycles. The van der Waals surface area contributed by atoms with Crippen molar-refractivity contribution in [2.45, 2.75) is 51.2 Å². The molecule has 11 heteroatoms. The molecule has 1 aliphatic heterocycles. The zero-order chi connectivity index (χ0) is 29.9. The minimum atomic E-state index is -0.692. The minimum Gasteiger partial charge on any atom is -0.489 e. The summed E-state index contributed by atoms with van der Waals surface area (Å²) in [6.45, 7) is 5.62. The fourth-order valence-electron chi connectivity index (χ4n) is 6.06. The number of para-hydroxylation sites is 1. The number of alkyl halides is 1. The SMILES string of the molecule is Cn1c(-c2cc3cccc(OCC(C)(C)n4ccnc4)c3n2CC2CC2)nc2cc3c(nc21)CCN(CC(N)CF)C3=O. The van der Waals surface area contributed by atoms with Crippen molar-refractivity contribution in [2.75, 3.05) is 26.4 Å². The van der Waals surface area contributed by atoms with Gasteiger partial charge >= 0.3 is 0 Å². The summed E-state index contributed by atoms with van der Waals surface area (Å²) in [7, 11) is 1.98. The first-order valence-electron chi connectivity index (χ1n) is 14.9. The van der Waals surface area contributed by atoms with E-state index in [1.165, 1.54) is 12.8 Å². The number of amides is 1. The normalized spacial score (nSPS) is 16.3. The van der Waals surface area contributed by atoms with Crippen LogP contribution in [0.2, 0.25) is 0 Å². The van der Waals surface area contributed by atoms with E-state index in [-0.39, 0.29) is 18.0 Å². The first kappa shape index (κ1) is 27.6. The topological polar surface area (TPSA) is 109 Å². The standard InChI is InChI=1S/C32H37FN8O2/c1-32(2,40-12-10-35-19-40)18-43-27-6-4-5-21-13-26(41(28(21)27)16-20-7-8-20)30-37-25-14-23-24(36-29(25)38(30)3)9-11-39(31(23)42)17-22(34)15-33/h4-6,10,12-14,19-20,22H,7-9,11,15-18,34H2,1-3H3. The van der Waals surface area contributed by atoms with Gasteiger partial charge in [0.2, 0.25) is 0 Å². The van der Waals surface area contributed by atoms with Crippen LogP contribution in [0.4, 0.5) is 4.39 Å². The number of benzene rings is 1. The Kier molecular flexibility index (Phi) is 6.72. The number of aromatic nitrogens is 6. The molecule has 7 rings (SSSR count). The van der Waals surface area contributed by atoms with Gasteiger partial charge in [0, 0.05) is 50.9 Å². The molecule has 2 N–H and O–H groups in total. The summed E-state index contributed by atoms with van der Waals surface area (Å²) in [4.78, 5) is 29.0. The number of carbonyl (C=O) groups is 1. The number of rotatable bonds is 10. The molecule has 1 amide bonds. The first-order valence-corrected chi connectivity index (χ1v) is 14.9. The highest BCUT2D eigenvalue weighted by Crippen LogP contribution is 2.39. The van der Waals surface area contributed by atoms with Crippen LogP contribution < -0.4 is 10.5 Å². The van der Waals surface area contributed by atoms with Gasteiger partial charge in [-0.3, -0.25) is 4.79 Å². The maximum atomic E-state index is 13.3. The van der Waals surface area contributed by atoms with Gasteiger partial charge in [-0.15, -0.1) is 0 Å². The largest absolute Gasteiger partial charge is 0.489 e. The van der Waals surface area contributed by atoms with Gasteiger partial charge < -0.3 is 29.1 Å². The number of fused-ring (bicyclic) bond motifs is 3. The molecule has 2 aliphatic rings. The summed E-state index contributed by atoms with van der Waals surface area (Å²) < 4.78 is 26.0. The third kappa shape index (κ3) is 4.95. The lowest BCUT2D eigenvalue weighted by Crippen LogP contribution is -2.45. The van der Waals surface area contributed by atoms with E-state index < -0.39 is 12.7 Å². The lowest BCUT2D eigenvalue weighted by atomic mass is 10.0. The molecule has 1 saturated carbocycles. The number of hydrogen-bond donors (Lipinski definition) is 1. The molecular formula is C32H37FN8O2. The minimum absolute atomic E-state index is 0.171. The van der Waals surface area contributed by atoms with E-state index in [1.807, 2.05) is 42.3 Å². The lowest BCUT2D eigenvalue weighted by Gasteiger charge is -2.29. The van der Waals surface area contributed by atoms with Crippen molar-refractivity contribution in [1.29, 1.82) is 0 Å². The highest BCUT2D eigenvalue weighted by atomic mass is 19.1. The van der Waals surface area contributed by atoms with Crippen LogP contribution in [-0.4, -0.2) is 71.9 Å². The number of aryl methyl sites for hydroxylation is 1. The van der Waals surface area contributed by atoms with E-state index in [0.29, 0.717) is 36.6 Å². The zero-order valence-corrected chi connectivity index (χ0v) is 24.8. The van der Waals surface area contributed by atoms with Crippen LogP contribution in [0.1, 0.15) is 42.7 Å². The van der Waals surface area contributed by atoms with Gasteiger partial charge in [0.25, 0.3) is 5.91 Å². The van der Waals surface area contributed by atoms with Gasteiger partial charge in [-0.25, -0.2) is 19.3 Å². The molecule has 0 radical (unpaired) electrons. The molecule has 5 heterocycles. The number of ether oxygens (including phenoxy) is 1. The Bertz CT molecular complexity index is 1820. The summed E-state index contributed by atoms with van der Waals surface area (Å²) in [5, 5.41) is 1.09. The lowest BCUT2D eigenvalue weighted by molar-refractivity contribution is 0.0723. The molecule has 1 atom stereocenters. The summed E-state index contributed by atoms with van der Waals surface area (Å²) in [5.41, 5.74) is 10.2. The molecule has 0 saturated heterocycles. The van der Waals surface area contributed by atoms with E-state index in [1.54, 1.807) is 11.1 Å². The molecule has 224 valence electrons. The van der Waals surface area contributed by atoms with E-state index in [2.05, 4.69) is 40.1 Å². The molecule has 43 heavy (non-hydrogen) atoms. The van der Waals surface area contributed by atoms with Crippen molar-refractivity contribution in [2.24, 2.45) is 18.7 Å². The number of halogens is 1.